The number of nitrogens with zero attached hydrogens (tertiary/aromatic N) is 3. The van der Waals surface area contributed by atoms with Gasteiger partial charge in [0.1, 0.15) is 6.42 Å². The molecule has 1 heterocycles. The molecule has 0 aliphatic rings. The van der Waals surface area contributed by atoms with Crippen molar-refractivity contribution in [2.45, 2.75) is 12.8 Å². The van der Waals surface area contributed by atoms with Crippen LogP contribution in [0.2, 0.25) is 0 Å². The van der Waals surface area contributed by atoms with Crippen LogP contribution in [0.1, 0.15) is 12.0 Å². The summed E-state index contributed by atoms with van der Waals surface area (Å²) in [5.74, 6) is -0.385. The van der Waals surface area contributed by atoms with Crippen molar-refractivity contribution in [3.63, 3.8) is 0 Å². The molecular formula is C15H24N4O2. The minimum Gasteiger partial charge on any atom is -0.354 e. The Balaban J connectivity index is 2.26. The molecule has 0 atom stereocenters. The Kier molecular flexibility index (Phi) is 7.39. The molecule has 0 saturated carbocycles. The van der Waals surface area contributed by atoms with E-state index in [1.54, 1.807) is 24.3 Å². The molecule has 0 fully saturated rings. The molecule has 0 aromatic carbocycles. The van der Waals surface area contributed by atoms with Crippen LogP contribution in [-0.2, 0) is 16.0 Å². The van der Waals surface area contributed by atoms with Crippen LogP contribution in [0, 0.1) is 0 Å². The summed E-state index contributed by atoms with van der Waals surface area (Å²) in [6, 6.07) is 3.85. The SMILES string of the molecule is CN(C)CCNC(=O)CC(=O)N(C)CCc1ccncc1. The molecule has 6 nitrogen and oxygen atoms in total. The number of pyridine rings is 1. The van der Waals surface area contributed by atoms with Gasteiger partial charge in [-0.3, -0.25) is 14.6 Å². The van der Waals surface area contributed by atoms with Crippen LogP contribution >= 0.6 is 0 Å². The Hall–Kier alpha value is -1.95. The van der Waals surface area contributed by atoms with E-state index in [1.807, 2.05) is 31.1 Å². The van der Waals surface area contributed by atoms with Gasteiger partial charge in [0.15, 0.2) is 0 Å². The van der Waals surface area contributed by atoms with Crippen LogP contribution in [-0.4, -0.2) is 67.4 Å². The fraction of sp³-hybridized carbons (Fsp3) is 0.533. The van der Waals surface area contributed by atoms with Crippen LogP contribution in [0.4, 0.5) is 0 Å². The van der Waals surface area contributed by atoms with Gasteiger partial charge in [-0.1, -0.05) is 0 Å². The Bertz CT molecular complexity index is 448. The molecule has 1 aromatic heterocycles. The summed E-state index contributed by atoms with van der Waals surface area (Å²) in [6.07, 6.45) is 4.12. The zero-order chi connectivity index (χ0) is 15.7. The molecule has 0 radical (unpaired) electrons. The van der Waals surface area contributed by atoms with Gasteiger partial charge in [-0.2, -0.15) is 0 Å². The predicted molar refractivity (Wildman–Crippen MR) is 81.8 cm³/mol. The summed E-state index contributed by atoms with van der Waals surface area (Å²) >= 11 is 0. The Labute approximate surface area is 126 Å². The number of carbonyl (C=O) groups is 2. The molecule has 1 aromatic rings. The monoisotopic (exact) mass is 292 g/mol. The van der Waals surface area contributed by atoms with Crippen molar-refractivity contribution in [3.05, 3.63) is 30.1 Å². The third kappa shape index (κ3) is 7.41. The zero-order valence-electron chi connectivity index (χ0n) is 13.0. The highest BCUT2D eigenvalue weighted by molar-refractivity contribution is 5.96. The molecule has 116 valence electrons. The lowest BCUT2D eigenvalue weighted by Crippen LogP contribution is -2.36. The van der Waals surface area contributed by atoms with Crippen molar-refractivity contribution < 1.29 is 9.59 Å². The first-order valence-electron chi connectivity index (χ1n) is 7.03. The van der Waals surface area contributed by atoms with E-state index in [-0.39, 0.29) is 18.2 Å². The maximum absolute atomic E-state index is 11.9. The minimum atomic E-state index is -0.224. The molecular weight excluding hydrogens is 268 g/mol. The van der Waals surface area contributed by atoms with E-state index in [1.165, 1.54) is 0 Å². The van der Waals surface area contributed by atoms with Gasteiger partial charge < -0.3 is 15.1 Å². The van der Waals surface area contributed by atoms with Crippen molar-refractivity contribution >= 4 is 11.8 Å². The highest BCUT2D eigenvalue weighted by Crippen LogP contribution is 2.00. The van der Waals surface area contributed by atoms with Crippen LogP contribution in [0.15, 0.2) is 24.5 Å². The molecule has 1 N–H and O–H groups in total. The van der Waals surface area contributed by atoms with E-state index in [0.29, 0.717) is 13.1 Å². The molecule has 2 amide bonds. The van der Waals surface area contributed by atoms with Gasteiger partial charge in [0.25, 0.3) is 0 Å². The lowest BCUT2D eigenvalue weighted by Gasteiger charge is -2.17. The van der Waals surface area contributed by atoms with Crippen molar-refractivity contribution in [1.29, 1.82) is 0 Å². The summed E-state index contributed by atoms with van der Waals surface area (Å²) in [7, 11) is 5.59. The zero-order valence-corrected chi connectivity index (χ0v) is 13.0. The number of likely N-dealkylation sites (N-methyl/N-ethyl adjacent to an activating group) is 2. The summed E-state index contributed by atoms with van der Waals surface area (Å²) in [5.41, 5.74) is 1.13. The predicted octanol–water partition coefficient (Wildman–Crippen LogP) is 0.150. The lowest BCUT2D eigenvalue weighted by atomic mass is 10.2. The van der Waals surface area contributed by atoms with Crippen LogP contribution in [0.3, 0.4) is 0 Å². The molecule has 0 aliphatic carbocycles. The van der Waals surface area contributed by atoms with E-state index < -0.39 is 0 Å². The number of hydrogen-bond donors (Lipinski definition) is 1. The van der Waals surface area contributed by atoms with Gasteiger partial charge in [-0.25, -0.2) is 0 Å². The number of carbonyl (C=O) groups excluding carboxylic acids is 2. The van der Waals surface area contributed by atoms with Crippen molar-refractivity contribution in [3.8, 4) is 0 Å². The second kappa shape index (κ2) is 9.07. The molecule has 0 spiro atoms. The molecule has 1 rings (SSSR count). The molecule has 21 heavy (non-hydrogen) atoms. The Morgan fingerprint density at radius 1 is 1.14 bits per heavy atom. The van der Waals surface area contributed by atoms with Crippen LogP contribution in [0.5, 0.6) is 0 Å². The summed E-state index contributed by atoms with van der Waals surface area (Å²) in [4.78, 5) is 31.1. The first-order valence-corrected chi connectivity index (χ1v) is 7.03. The number of amides is 2. The summed E-state index contributed by atoms with van der Waals surface area (Å²) in [5, 5.41) is 2.74. The standard InChI is InChI=1S/C15H24N4O2/c1-18(2)11-9-17-14(20)12-15(21)19(3)10-6-13-4-7-16-8-5-13/h4-5,7-8H,6,9-12H2,1-3H3,(H,17,20). The van der Waals surface area contributed by atoms with Gasteiger partial charge >= 0.3 is 0 Å². The molecule has 6 heteroatoms. The smallest absolute Gasteiger partial charge is 0.231 e. The van der Waals surface area contributed by atoms with E-state index in [0.717, 1.165) is 18.5 Å². The molecule has 0 bridgehead atoms. The first-order chi connectivity index (χ1) is 9.99. The maximum Gasteiger partial charge on any atom is 0.231 e. The molecule has 0 saturated heterocycles. The van der Waals surface area contributed by atoms with Crippen LogP contribution < -0.4 is 5.32 Å². The third-order valence-electron chi connectivity index (χ3n) is 3.10. The van der Waals surface area contributed by atoms with Crippen LogP contribution in [0.25, 0.3) is 0 Å². The number of rotatable bonds is 8. The third-order valence-corrected chi connectivity index (χ3v) is 3.10. The van der Waals surface area contributed by atoms with E-state index in [9.17, 15) is 9.59 Å². The van der Waals surface area contributed by atoms with Crippen molar-refractivity contribution in [1.82, 2.24) is 20.1 Å². The van der Waals surface area contributed by atoms with Crippen molar-refractivity contribution in [2.75, 3.05) is 40.8 Å². The topological polar surface area (TPSA) is 65.5 Å². The largest absolute Gasteiger partial charge is 0.354 e. The Morgan fingerprint density at radius 3 is 2.43 bits per heavy atom. The maximum atomic E-state index is 11.9. The molecule has 0 unspecified atom stereocenters. The summed E-state index contributed by atoms with van der Waals surface area (Å²) in [6.45, 7) is 1.91. The fourth-order valence-electron chi connectivity index (χ4n) is 1.72. The highest BCUT2D eigenvalue weighted by Gasteiger charge is 2.13. The second-order valence-electron chi connectivity index (χ2n) is 5.25. The normalized spacial score (nSPS) is 10.5. The van der Waals surface area contributed by atoms with Gasteiger partial charge in [-0.05, 0) is 38.2 Å². The van der Waals surface area contributed by atoms with E-state index >= 15 is 0 Å². The van der Waals surface area contributed by atoms with Gasteiger partial charge in [-0.15, -0.1) is 0 Å². The first kappa shape index (κ1) is 17.1. The fourth-order valence-corrected chi connectivity index (χ4v) is 1.72. The average molecular weight is 292 g/mol. The average Bonchev–Trinajstić information content (AvgIpc) is 2.45. The van der Waals surface area contributed by atoms with E-state index in [4.69, 9.17) is 0 Å². The van der Waals surface area contributed by atoms with Gasteiger partial charge in [0, 0.05) is 39.1 Å². The lowest BCUT2D eigenvalue weighted by molar-refractivity contribution is -0.135. The highest BCUT2D eigenvalue weighted by atomic mass is 16.2. The van der Waals surface area contributed by atoms with E-state index in [2.05, 4.69) is 10.3 Å². The number of hydrogen-bond acceptors (Lipinski definition) is 4. The van der Waals surface area contributed by atoms with Crippen molar-refractivity contribution in [2.24, 2.45) is 0 Å². The van der Waals surface area contributed by atoms with Gasteiger partial charge in [0.05, 0.1) is 0 Å². The quantitative estimate of drug-likeness (QED) is 0.693. The number of aromatic nitrogens is 1. The van der Waals surface area contributed by atoms with Gasteiger partial charge in [0.2, 0.25) is 11.8 Å². The number of nitrogens with one attached hydrogen (secondary N) is 1. The summed E-state index contributed by atoms with van der Waals surface area (Å²) < 4.78 is 0. The Morgan fingerprint density at radius 2 is 1.81 bits per heavy atom. The second-order valence-corrected chi connectivity index (χ2v) is 5.25. The minimum absolute atomic E-state index is 0.0970. The molecule has 0 aliphatic heterocycles.